The second-order valence-electron chi connectivity index (χ2n) is 14.2. The van der Waals surface area contributed by atoms with Gasteiger partial charge in [-0.15, -0.1) is 0 Å². The molecule has 6 unspecified atom stereocenters. The molecule has 5 aromatic rings. The first-order valence-electron chi connectivity index (χ1n) is 17.4. The highest BCUT2D eigenvalue weighted by atomic mass is 16.3. The molecule has 3 fully saturated rings. The van der Waals surface area contributed by atoms with Gasteiger partial charge in [0.25, 0.3) is 11.8 Å². The summed E-state index contributed by atoms with van der Waals surface area (Å²) in [6.45, 7) is 1.97. The van der Waals surface area contributed by atoms with Gasteiger partial charge in [-0.05, 0) is 72.5 Å². The fourth-order valence-electron chi connectivity index (χ4n) is 9.48. The van der Waals surface area contributed by atoms with E-state index in [2.05, 4.69) is 11.5 Å². The van der Waals surface area contributed by atoms with Crippen LogP contribution in [0.4, 0.5) is 11.4 Å². The highest BCUT2D eigenvalue weighted by Crippen LogP contribution is 2.65. The van der Waals surface area contributed by atoms with E-state index in [1.165, 1.54) is 9.91 Å². The molecule has 2 heterocycles. The quantitative estimate of drug-likeness (QED) is 0.153. The molecule has 0 spiro atoms. The van der Waals surface area contributed by atoms with Gasteiger partial charge in [-0.2, -0.15) is 5.01 Å². The molecule has 4 amide bonds. The number of carbonyl (C=O) groups is 4. The predicted molar refractivity (Wildman–Crippen MR) is 193 cm³/mol. The molecule has 2 aliphatic heterocycles. The second-order valence-corrected chi connectivity index (χ2v) is 14.2. The third-order valence-electron chi connectivity index (χ3n) is 11.7. The van der Waals surface area contributed by atoms with E-state index in [-0.39, 0.29) is 35.8 Å². The number of amides is 4. The first kappa shape index (κ1) is 31.0. The van der Waals surface area contributed by atoms with Crippen LogP contribution >= 0.6 is 0 Å². The van der Waals surface area contributed by atoms with Crippen LogP contribution in [-0.2, 0) is 24.6 Å². The number of phenols is 1. The summed E-state index contributed by atoms with van der Waals surface area (Å²) in [7, 11) is 0. The van der Waals surface area contributed by atoms with Crippen LogP contribution in [0.2, 0.25) is 0 Å². The van der Waals surface area contributed by atoms with Gasteiger partial charge in [0.1, 0.15) is 5.75 Å². The topological polar surface area (TPSA) is 107 Å². The van der Waals surface area contributed by atoms with Crippen LogP contribution in [0.3, 0.4) is 0 Å². The molecule has 5 aromatic carbocycles. The van der Waals surface area contributed by atoms with Crippen LogP contribution < -0.4 is 10.3 Å². The highest BCUT2D eigenvalue weighted by molar-refractivity contribution is 6.22. The van der Waals surface area contributed by atoms with E-state index < -0.39 is 35.0 Å². The molecule has 6 atom stereocenters. The smallest absolute Gasteiger partial charge is 0.260 e. The molecule has 2 saturated heterocycles. The Balaban J connectivity index is 1.28. The third kappa shape index (κ3) is 4.38. The number of aryl methyl sites for hydroxylation is 1. The Morgan fingerprint density at radius 3 is 2.10 bits per heavy atom. The van der Waals surface area contributed by atoms with Crippen LogP contribution in [0, 0.1) is 30.6 Å². The zero-order valence-corrected chi connectivity index (χ0v) is 27.9. The van der Waals surface area contributed by atoms with E-state index in [0.717, 1.165) is 22.1 Å². The number of para-hydroxylation sites is 1. The molecule has 51 heavy (non-hydrogen) atoms. The Bertz CT molecular complexity index is 2290. The van der Waals surface area contributed by atoms with Crippen LogP contribution in [0.1, 0.15) is 35.4 Å². The number of phenolic OH excluding ortho intramolecular Hbond substituents is 1. The zero-order chi connectivity index (χ0) is 35.0. The van der Waals surface area contributed by atoms with Gasteiger partial charge in [0, 0.05) is 11.3 Å². The molecule has 8 heteroatoms. The minimum absolute atomic E-state index is 0.108. The number of nitrogens with one attached hydrogen (secondary N) is 1. The SMILES string of the molecule is Cc1ccc(NN2C(=O)C3CC4C(=CCC5C(=O)N(c6ccccc6)C(=O)C54)C(c4ccc(O)c5ccccc45)C3(c3ccccc3)C2=O)cc1. The van der Waals surface area contributed by atoms with Crippen LogP contribution in [0.5, 0.6) is 5.75 Å². The van der Waals surface area contributed by atoms with E-state index in [1.54, 1.807) is 30.3 Å². The average Bonchev–Trinajstić information content (AvgIpc) is 3.54. The largest absolute Gasteiger partial charge is 0.507 e. The fraction of sp³-hybridized carbons (Fsp3) is 0.209. The van der Waals surface area contributed by atoms with Crippen LogP contribution in [0.25, 0.3) is 10.8 Å². The fourth-order valence-corrected chi connectivity index (χ4v) is 9.48. The first-order chi connectivity index (χ1) is 24.8. The number of hydrogen-bond donors (Lipinski definition) is 2. The summed E-state index contributed by atoms with van der Waals surface area (Å²) in [5.41, 5.74) is 6.28. The number of aromatic hydroxyl groups is 1. The van der Waals surface area contributed by atoms with Crippen molar-refractivity contribution in [3.05, 3.63) is 150 Å². The Morgan fingerprint density at radius 1 is 0.706 bits per heavy atom. The molecule has 0 radical (unpaired) electrons. The van der Waals surface area contributed by atoms with Crippen molar-refractivity contribution in [2.45, 2.75) is 31.1 Å². The van der Waals surface area contributed by atoms with Crippen molar-refractivity contribution in [3.63, 3.8) is 0 Å². The molecular formula is C43H35N3O5. The van der Waals surface area contributed by atoms with Crippen LogP contribution in [-0.4, -0.2) is 33.7 Å². The Labute approximate surface area is 295 Å². The monoisotopic (exact) mass is 673 g/mol. The van der Waals surface area contributed by atoms with E-state index in [1.807, 2.05) is 97.9 Å². The van der Waals surface area contributed by atoms with Gasteiger partial charge in [-0.3, -0.25) is 29.5 Å². The number of hydrazine groups is 1. The summed E-state index contributed by atoms with van der Waals surface area (Å²) in [6.07, 6.45) is 2.61. The lowest BCUT2D eigenvalue weighted by molar-refractivity contribution is -0.138. The number of fused-ring (bicyclic) bond motifs is 5. The van der Waals surface area contributed by atoms with Gasteiger partial charge in [0.15, 0.2) is 0 Å². The molecule has 252 valence electrons. The maximum atomic E-state index is 15.4. The minimum atomic E-state index is -1.39. The maximum Gasteiger partial charge on any atom is 0.260 e. The van der Waals surface area contributed by atoms with Crippen molar-refractivity contribution < 1.29 is 24.3 Å². The zero-order valence-electron chi connectivity index (χ0n) is 27.9. The summed E-state index contributed by atoms with van der Waals surface area (Å²) in [5.74, 6) is -4.48. The Kier molecular flexibility index (Phi) is 7.00. The third-order valence-corrected chi connectivity index (χ3v) is 11.7. The van der Waals surface area contributed by atoms with Gasteiger partial charge < -0.3 is 5.11 Å². The minimum Gasteiger partial charge on any atom is -0.507 e. The van der Waals surface area contributed by atoms with Gasteiger partial charge in [-0.1, -0.05) is 108 Å². The number of imide groups is 2. The predicted octanol–water partition coefficient (Wildman–Crippen LogP) is 7.04. The van der Waals surface area contributed by atoms with E-state index in [4.69, 9.17) is 0 Å². The number of nitrogens with zero attached hydrogens (tertiary/aromatic N) is 2. The van der Waals surface area contributed by atoms with Crippen molar-refractivity contribution in [2.24, 2.45) is 23.7 Å². The molecule has 2 aliphatic carbocycles. The van der Waals surface area contributed by atoms with Gasteiger partial charge in [-0.25, -0.2) is 0 Å². The number of allylic oxidation sites excluding steroid dienone is 2. The summed E-state index contributed by atoms with van der Waals surface area (Å²) >= 11 is 0. The molecule has 1 saturated carbocycles. The number of anilines is 2. The first-order valence-corrected chi connectivity index (χ1v) is 17.4. The number of carbonyl (C=O) groups excluding carboxylic acids is 4. The maximum absolute atomic E-state index is 15.4. The van der Waals surface area contributed by atoms with Crippen molar-refractivity contribution >= 4 is 45.8 Å². The van der Waals surface area contributed by atoms with Gasteiger partial charge >= 0.3 is 0 Å². The summed E-state index contributed by atoms with van der Waals surface area (Å²) in [4.78, 5) is 60.1. The van der Waals surface area contributed by atoms with Gasteiger partial charge in [0.2, 0.25) is 11.8 Å². The van der Waals surface area contributed by atoms with E-state index in [9.17, 15) is 19.5 Å². The summed E-state index contributed by atoms with van der Waals surface area (Å²) < 4.78 is 0. The Morgan fingerprint density at radius 2 is 1.37 bits per heavy atom. The van der Waals surface area contributed by atoms with E-state index in [0.29, 0.717) is 28.7 Å². The standard InChI is InChI=1S/C43H35N3O5/c1-25-16-18-27(19-17-25)44-46-40(49)35-24-34-32(20-21-33-37(34)41(50)45(39(33)48)28-12-6-3-7-13-28)38(43(35,42(46)51)26-10-4-2-5-11-26)31-22-23-36(47)30-15-9-8-14-29(30)31/h2-20,22-23,33-35,37-38,44,47H,21,24H2,1H3. The molecule has 8 nitrogen and oxygen atoms in total. The van der Waals surface area contributed by atoms with Crippen molar-refractivity contribution in [2.75, 3.05) is 10.3 Å². The summed E-state index contributed by atoms with van der Waals surface area (Å²) in [5, 5.41) is 13.5. The number of hydrogen-bond acceptors (Lipinski definition) is 6. The van der Waals surface area contributed by atoms with Crippen LogP contribution in [0.15, 0.2) is 133 Å². The summed E-state index contributed by atoms with van der Waals surface area (Å²) in [6, 6.07) is 37.0. The second kappa shape index (κ2) is 11.5. The lowest BCUT2D eigenvalue weighted by Crippen LogP contribution is -2.53. The lowest BCUT2D eigenvalue weighted by atomic mass is 9.49. The molecule has 2 N–H and O–H groups in total. The lowest BCUT2D eigenvalue weighted by Gasteiger charge is -2.51. The molecular weight excluding hydrogens is 638 g/mol. The van der Waals surface area contributed by atoms with Gasteiger partial charge in [0.05, 0.1) is 34.5 Å². The average molecular weight is 674 g/mol. The normalized spacial score (nSPS) is 26.9. The number of rotatable bonds is 5. The van der Waals surface area contributed by atoms with Crippen molar-refractivity contribution in [1.29, 1.82) is 0 Å². The van der Waals surface area contributed by atoms with Crippen molar-refractivity contribution in [1.82, 2.24) is 5.01 Å². The molecule has 0 aromatic heterocycles. The molecule has 0 bridgehead atoms. The number of benzene rings is 5. The molecule has 9 rings (SSSR count). The van der Waals surface area contributed by atoms with E-state index >= 15 is 4.79 Å². The van der Waals surface area contributed by atoms with Crippen molar-refractivity contribution in [3.8, 4) is 5.75 Å². The Hall–Kier alpha value is -6.02. The molecule has 4 aliphatic rings. The highest BCUT2D eigenvalue weighted by Gasteiger charge is 2.70.